The van der Waals surface area contributed by atoms with Crippen LogP contribution in [0, 0.1) is 6.92 Å². The van der Waals surface area contributed by atoms with Gasteiger partial charge in [-0.05, 0) is 30.7 Å². The zero-order valence-electron chi connectivity index (χ0n) is 13.0. The van der Waals surface area contributed by atoms with Crippen LogP contribution < -0.4 is 14.8 Å². The Bertz CT molecular complexity index is 722. The lowest BCUT2D eigenvalue weighted by Crippen LogP contribution is -2.07. The molecule has 5 nitrogen and oxygen atoms in total. The van der Waals surface area contributed by atoms with Crippen molar-refractivity contribution in [3.63, 3.8) is 0 Å². The predicted molar refractivity (Wildman–Crippen MR) is 93.2 cm³/mol. The molecule has 23 heavy (non-hydrogen) atoms. The molecule has 0 radical (unpaired) electrons. The van der Waals surface area contributed by atoms with Crippen molar-refractivity contribution in [3.05, 3.63) is 53.6 Å². The summed E-state index contributed by atoms with van der Waals surface area (Å²) in [4.78, 5) is 16.0. The number of rotatable bonds is 7. The van der Waals surface area contributed by atoms with E-state index in [1.54, 1.807) is 31.4 Å². The van der Waals surface area contributed by atoms with Crippen LogP contribution in [0.4, 0.5) is 5.13 Å². The van der Waals surface area contributed by atoms with Crippen molar-refractivity contribution < 1.29 is 14.3 Å². The van der Waals surface area contributed by atoms with Crippen molar-refractivity contribution in [2.75, 3.05) is 19.0 Å². The molecule has 2 rings (SSSR count). The minimum Gasteiger partial charge on any atom is -0.493 e. The number of hydrogen-bond donors (Lipinski definition) is 1. The first-order chi connectivity index (χ1) is 11.1. The number of anilines is 1. The van der Waals surface area contributed by atoms with Crippen molar-refractivity contribution in [2.45, 2.75) is 6.92 Å². The lowest BCUT2D eigenvalue weighted by molar-refractivity contribution is -0.111. The highest BCUT2D eigenvalue weighted by Crippen LogP contribution is 2.28. The van der Waals surface area contributed by atoms with E-state index in [2.05, 4.69) is 16.9 Å². The second kappa shape index (κ2) is 8.14. The molecule has 0 bridgehead atoms. The van der Waals surface area contributed by atoms with E-state index in [0.717, 1.165) is 11.3 Å². The Kier molecular flexibility index (Phi) is 5.94. The fraction of sp³-hybridized carbons (Fsp3) is 0.176. The second-order valence-electron chi connectivity index (χ2n) is 4.63. The van der Waals surface area contributed by atoms with Gasteiger partial charge in [-0.2, -0.15) is 0 Å². The number of nitrogens with one attached hydrogen (secondary N) is 1. The zero-order valence-corrected chi connectivity index (χ0v) is 13.9. The SMILES string of the molecule is C=CCOc1ccc(C=CC(=O)Nc2nc(C)cs2)cc1OC. The molecule has 0 aliphatic heterocycles. The number of hydrogen-bond acceptors (Lipinski definition) is 5. The first kappa shape index (κ1) is 16.8. The fourth-order valence-corrected chi connectivity index (χ4v) is 2.48. The number of carbonyl (C=O) groups excluding carboxylic acids is 1. The number of nitrogens with zero attached hydrogens (tertiary/aromatic N) is 1. The lowest BCUT2D eigenvalue weighted by Gasteiger charge is -2.09. The number of aryl methyl sites for hydroxylation is 1. The highest BCUT2D eigenvalue weighted by atomic mass is 32.1. The van der Waals surface area contributed by atoms with Crippen molar-refractivity contribution in [2.24, 2.45) is 0 Å². The average molecular weight is 330 g/mol. The molecule has 0 unspecified atom stereocenters. The normalized spacial score (nSPS) is 10.5. The molecule has 1 aromatic carbocycles. The van der Waals surface area contributed by atoms with Gasteiger partial charge in [-0.25, -0.2) is 4.98 Å². The molecular formula is C17H18N2O3S. The van der Waals surface area contributed by atoms with Crippen molar-refractivity contribution in [1.29, 1.82) is 0 Å². The molecule has 0 fully saturated rings. The predicted octanol–water partition coefficient (Wildman–Crippen LogP) is 3.68. The van der Waals surface area contributed by atoms with Crippen LogP contribution in [-0.2, 0) is 4.79 Å². The monoisotopic (exact) mass is 330 g/mol. The number of amides is 1. The van der Waals surface area contributed by atoms with Gasteiger partial charge in [0.15, 0.2) is 16.6 Å². The number of aromatic nitrogens is 1. The van der Waals surface area contributed by atoms with Crippen LogP contribution >= 0.6 is 11.3 Å². The summed E-state index contributed by atoms with van der Waals surface area (Å²) >= 11 is 1.39. The number of ether oxygens (including phenoxy) is 2. The van der Waals surface area contributed by atoms with Crippen LogP contribution in [0.1, 0.15) is 11.3 Å². The quantitative estimate of drug-likeness (QED) is 0.621. The third kappa shape index (κ3) is 4.96. The van der Waals surface area contributed by atoms with Crippen molar-refractivity contribution >= 4 is 28.5 Å². The number of thiazole rings is 1. The van der Waals surface area contributed by atoms with Crippen molar-refractivity contribution in [1.82, 2.24) is 4.98 Å². The Balaban J connectivity index is 2.03. The fourth-order valence-electron chi connectivity index (χ4n) is 1.79. The van der Waals surface area contributed by atoms with Gasteiger partial charge in [-0.15, -0.1) is 11.3 Å². The van der Waals surface area contributed by atoms with Crippen LogP contribution in [0.3, 0.4) is 0 Å². The van der Waals surface area contributed by atoms with E-state index in [9.17, 15) is 4.79 Å². The number of benzene rings is 1. The molecule has 120 valence electrons. The van der Waals surface area contributed by atoms with E-state index in [1.807, 2.05) is 18.4 Å². The molecule has 1 heterocycles. The minimum absolute atomic E-state index is 0.231. The molecule has 2 aromatic rings. The summed E-state index contributed by atoms with van der Waals surface area (Å²) in [5, 5.41) is 5.18. The molecule has 6 heteroatoms. The Morgan fingerprint density at radius 3 is 2.91 bits per heavy atom. The van der Waals surface area contributed by atoms with E-state index in [4.69, 9.17) is 9.47 Å². The van der Waals surface area contributed by atoms with Gasteiger partial charge in [0.2, 0.25) is 5.91 Å². The molecule has 0 spiro atoms. The van der Waals surface area contributed by atoms with Gasteiger partial charge in [-0.3, -0.25) is 10.1 Å². The summed E-state index contributed by atoms with van der Waals surface area (Å²) < 4.78 is 10.8. The van der Waals surface area contributed by atoms with E-state index in [1.165, 1.54) is 17.4 Å². The van der Waals surface area contributed by atoms with Gasteiger partial charge >= 0.3 is 0 Å². The van der Waals surface area contributed by atoms with Gasteiger partial charge in [0.05, 0.1) is 12.8 Å². The molecule has 0 saturated carbocycles. The maximum atomic E-state index is 11.9. The molecule has 0 saturated heterocycles. The molecule has 0 aliphatic carbocycles. The number of carbonyl (C=O) groups is 1. The van der Waals surface area contributed by atoms with Gasteiger partial charge in [0.1, 0.15) is 6.61 Å². The van der Waals surface area contributed by atoms with E-state index < -0.39 is 0 Å². The molecule has 1 amide bonds. The first-order valence-electron chi connectivity index (χ1n) is 6.95. The molecule has 0 atom stereocenters. The summed E-state index contributed by atoms with van der Waals surface area (Å²) in [5.41, 5.74) is 1.72. The summed E-state index contributed by atoms with van der Waals surface area (Å²) in [6.07, 6.45) is 4.82. The highest BCUT2D eigenvalue weighted by Gasteiger charge is 2.05. The van der Waals surface area contributed by atoms with Crippen LogP contribution in [-0.4, -0.2) is 24.6 Å². The average Bonchev–Trinajstić information content (AvgIpc) is 2.96. The summed E-state index contributed by atoms with van der Waals surface area (Å²) in [6.45, 7) is 5.89. The van der Waals surface area contributed by atoms with Crippen LogP contribution in [0.25, 0.3) is 6.08 Å². The summed E-state index contributed by atoms with van der Waals surface area (Å²) in [7, 11) is 1.57. The smallest absolute Gasteiger partial charge is 0.250 e. The summed E-state index contributed by atoms with van der Waals surface area (Å²) in [6, 6.07) is 5.44. The van der Waals surface area contributed by atoms with Gasteiger partial charge in [-0.1, -0.05) is 18.7 Å². The van der Waals surface area contributed by atoms with Crippen LogP contribution in [0.5, 0.6) is 11.5 Å². The van der Waals surface area contributed by atoms with Crippen LogP contribution in [0.2, 0.25) is 0 Å². The summed E-state index contributed by atoms with van der Waals surface area (Å²) in [5.74, 6) is 1.00. The zero-order chi connectivity index (χ0) is 16.7. The molecule has 1 aromatic heterocycles. The van der Waals surface area contributed by atoms with Crippen molar-refractivity contribution in [3.8, 4) is 11.5 Å². The molecule has 1 N–H and O–H groups in total. The topological polar surface area (TPSA) is 60.5 Å². The van der Waals surface area contributed by atoms with Gasteiger partial charge in [0.25, 0.3) is 0 Å². The second-order valence-corrected chi connectivity index (χ2v) is 5.48. The Hall–Kier alpha value is -2.60. The maximum Gasteiger partial charge on any atom is 0.250 e. The first-order valence-corrected chi connectivity index (χ1v) is 7.83. The maximum absolute atomic E-state index is 11.9. The Morgan fingerprint density at radius 2 is 2.26 bits per heavy atom. The number of methoxy groups -OCH3 is 1. The van der Waals surface area contributed by atoms with Gasteiger partial charge in [0, 0.05) is 11.5 Å². The van der Waals surface area contributed by atoms with E-state index in [-0.39, 0.29) is 5.91 Å². The third-order valence-corrected chi connectivity index (χ3v) is 3.70. The Morgan fingerprint density at radius 1 is 1.43 bits per heavy atom. The third-order valence-electron chi connectivity index (χ3n) is 2.82. The van der Waals surface area contributed by atoms with Gasteiger partial charge < -0.3 is 9.47 Å². The molecule has 0 aliphatic rings. The largest absolute Gasteiger partial charge is 0.493 e. The van der Waals surface area contributed by atoms with E-state index in [0.29, 0.717) is 23.2 Å². The standard InChI is InChI=1S/C17H18N2O3S/c1-4-9-22-14-7-5-13(10-15(14)21-3)6-8-16(20)19-17-18-12(2)11-23-17/h4-8,10-11H,1,9H2,2-3H3,(H,18,19,20). The minimum atomic E-state index is -0.231. The lowest BCUT2D eigenvalue weighted by atomic mass is 10.2. The highest BCUT2D eigenvalue weighted by molar-refractivity contribution is 7.13. The molecular weight excluding hydrogens is 312 g/mol. The van der Waals surface area contributed by atoms with Crippen LogP contribution in [0.15, 0.2) is 42.3 Å². The van der Waals surface area contributed by atoms with E-state index >= 15 is 0 Å². The Labute approximate surface area is 139 Å².